The molecule has 4 N–H and O–H groups in total. The summed E-state index contributed by atoms with van der Waals surface area (Å²) in [4.78, 5) is 28.5. The SMILES string of the molecule is O=C(Nc1ncn[nH]1)[C@H]1CCCN1c1nc2c(c(Nc3cc(C4CC4)[nH]n3)n1)CCC2. The molecule has 0 radical (unpaired) electrons. The van der Waals surface area contributed by atoms with Gasteiger partial charge in [0.05, 0.1) is 5.69 Å². The monoisotopic (exact) mass is 420 g/mol. The Kier molecular flexibility index (Phi) is 4.32. The van der Waals surface area contributed by atoms with Crippen LogP contribution in [0.15, 0.2) is 12.4 Å². The first-order chi connectivity index (χ1) is 15.2. The Bertz CT molecular complexity index is 1100. The van der Waals surface area contributed by atoms with E-state index < -0.39 is 0 Å². The Balaban J connectivity index is 1.27. The molecule has 3 aromatic rings. The predicted octanol–water partition coefficient (Wildman–Crippen LogP) is 2.03. The highest BCUT2D eigenvalue weighted by Crippen LogP contribution is 2.40. The van der Waals surface area contributed by atoms with Gasteiger partial charge < -0.3 is 10.2 Å². The van der Waals surface area contributed by atoms with Crippen molar-refractivity contribution >= 4 is 29.4 Å². The molecule has 1 atom stereocenters. The predicted molar refractivity (Wildman–Crippen MR) is 113 cm³/mol. The second kappa shape index (κ2) is 7.33. The zero-order valence-corrected chi connectivity index (χ0v) is 17.1. The van der Waals surface area contributed by atoms with Crippen molar-refractivity contribution in [2.75, 3.05) is 22.1 Å². The molecule has 1 amide bonds. The molecule has 0 aromatic carbocycles. The van der Waals surface area contributed by atoms with Crippen LogP contribution in [0.4, 0.5) is 23.5 Å². The molecule has 0 spiro atoms. The topological polar surface area (TPSA) is 140 Å². The third-order valence-corrected chi connectivity index (χ3v) is 6.25. The molecule has 1 saturated carbocycles. The average molecular weight is 420 g/mol. The fourth-order valence-electron chi connectivity index (χ4n) is 4.52. The van der Waals surface area contributed by atoms with Crippen LogP contribution in [-0.2, 0) is 17.6 Å². The standard InChI is InChI=1S/C20H24N10O/c31-18(26-19-21-10-22-29-19)15-5-2-8-30(15)20-23-13-4-1-3-12(13)17(25-20)24-16-9-14(27-28-16)11-6-7-11/h9-11,15H,1-8H2,(H2,21,22,26,29,31)(H2,23,24,25,27,28)/t15-/m1/s1. The molecular formula is C20H24N10O. The van der Waals surface area contributed by atoms with E-state index in [1.54, 1.807) is 0 Å². The van der Waals surface area contributed by atoms with Gasteiger partial charge in [0.15, 0.2) is 5.82 Å². The lowest BCUT2D eigenvalue weighted by atomic mass is 10.2. The van der Waals surface area contributed by atoms with E-state index in [1.807, 2.05) is 4.90 Å². The van der Waals surface area contributed by atoms with Crippen molar-refractivity contribution < 1.29 is 4.79 Å². The maximum atomic E-state index is 12.9. The molecule has 11 nitrogen and oxygen atoms in total. The molecule has 1 saturated heterocycles. The van der Waals surface area contributed by atoms with Crippen LogP contribution >= 0.6 is 0 Å². The molecule has 0 bridgehead atoms. The second-order valence-corrected chi connectivity index (χ2v) is 8.43. The lowest BCUT2D eigenvalue weighted by Crippen LogP contribution is -2.41. The van der Waals surface area contributed by atoms with Crippen LogP contribution in [0, 0.1) is 0 Å². The van der Waals surface area contributed by atoms with E-state index in [2.05, 4.69) is 42.1 Å². The van der Waals surface area contributed by atoms with Gasteiger partial charge in [-0.25, -0.2) is 10.1 Å². The van der Waals surface area contributed by atoms with Crippen molar-refractivity contribution in [3.63, 3.8) is 0 Å². The fourth-order valence-corrected chi connectivity index (χ4v) is 4.52. The van der Waals surface area contributed by atoms with Gasteiger partial charge in [0.25, 0.3) is 0 Å². The van der Waals surface area contributed by atoms with Crippen molar-refractivity contribution in [1.29, 1.82) is 0 Å². The zero-order valence-electron chi connectivity index (χ0n) is 17.1. The minimum atomic E-state index is -0.343. The Morgan fingerprint density at radius 3 is 2.90 bits per heavy atom. The maximum Gasteiger partial charge on any atom is 0.249 e. The van der Waals surface area contributed by atoms with Gasteiger partial charge in [0, 0.05) is 29.8 Å². The molecule has 2 aliphatic carbocycles. The van der Waals surface area contributed by atoms with Crippen LogP contribution in [0.25, 0.3) is 0 Å². The number of carbonyl (C=O) groups excluding carboxylic acids is 1. The highest BCUT2D eigenvalue weighted by Gasteiger charge is 2.34. The van der Waals surface area contributed by atoms with Crippen molar-refractivity contribution in [2.24, 2.45) is 0 Å². The number of rotatable bonds is 6. The number of fused-ring (bicyclic) bond motifs is 1. The number of nitrogens with one attached hydrogen (secondary N) is 4. The van der Waals surface area contributed by atoms with Crippen molar-refractivity contribution in [2.45, 2.75) is 56.9 Å². The van der Waals surface area contributed by atoms with Crippen LogP contribution in [0.5, 0.6) is 0 Å². The van der Waals surface area contributed by atoms with E-state index >= 15 is 0 Å². The van der Waals surface area contributed by atoms with Gasteiger partial charge in [-0.1, -0.05) is 0 Å². The number of aromatic amines is 2. The number of anilines is 4. The number of amides is 1. The van der Waals surface area contributed by atoms with Crippen LogP contribution in [0.1, 0.15) is 55.0 Å². The van der Waals surface area contributed by atoms with Gasteiger partial charge in [-0.3, -0.25) is 15.2 Å². The Labute approximate surface area is 178 Å². The molecule has 11 heteroatoms. The number of aromatic nitrogens is 7. The molecule has 31 heavy (non-hydrogen) atoms. The number of hydrogen-bond donors (Lipinski definition) is 4. The van der Waals surface area contributed by atoms with E-state index in [0.717, 1.165) is 61.5 Å². The highest BCUT2D eigenvalue weighted by molar-refractivity contribution is 5.95. The molecule has 0 unspecified atom stereocenters. The average Bonchev–Trinajstić information content (AvgIpc) is 3.27. The minimum Gasteiger partial charge on any atom is -0.329 e. The zero-order chi connectivity index (χ0) is 20.8. The Hall–Kier alpha value is -3.50. The first kappa shape index (κ1) is 18.3. The summed E-state index contributed by atoms with van der Waals surface area (Å²) in [6.45, 7) is 0.737. The quantitative estimate of drug-likeness (QED) is 0.475. The number of carbonyl (C=O) groups is 1. The van der Waals surface area contributed by atoms with Crippen molar-refractivity contribution in [3.05, 3.63) is 29.3 Å². The molecule has 3 aromatic heterocycles. The van der Waals surface area contributed by atoms with Crippen LogP contribution < -0.4 is 15.5 Å². The highest BCUT2D eigenvalue weighted by atomic mass is 16.2. The second-order valence-electron chi connectivity index (χ2n) is 8.43. The number of aryl methyl sites for hydroxylation is 1. The maximum absolute atomic E-state index is 12.9. The van der Waals surface area contributed by atoms with E-state index in [-0.39, 0.29) is 11.9 Å². The summed E-state index contributed by atoms with van der Waals surface area (Å²) in [7, 11) is 0. The summed E-state index contributed by atoms with van der Waals surface area (Å²) in [5.41, 5.74) is 3.39. The van der Waals surface area contributed by atoms with Crippen molar-refractivity contribution in [3.8, 4) is 0 Å². The van der Waals surface area contributed by atoms with Crippen LogP contribution in [0.3, 0.4) is 0 Å². The molecule has 1 aliphatic heterocycles. The Morgan fingerprint density at radius 2 is 2.06 bits per heavy atom. The van der Waals surface area contributed by atoms with E-state index in [1.165, 1.54) is 24.9 Å². The summed E-state index contributed by atoms with van der Waals surface area (Å²) in [6, 6.07) is 1.73. The number of nitrogens with zero attached hydrogens (tertiary/aromatic N) is 6. The summed E-state index contributed by atoms with van der Waals surface area (Å²) < 4.78 is 0. The van der Waals surface area contributed by atoms with Crippen LogP contribution in [0.2, 0.25) is 0 Å². The van der Waals surface area contributed by atoms with Gasteiger partial charge in [-0.15, -0.1) is 0 Å². The minimum absolute atomic E-state index is 0.130. The van der Waals surface area contributed by atoms with Gasteiger partial charge in [0.2, 0.25) is 17.8 Å². The van der Waals surface area contributed by atoms with Gasteiger partial charge >= 0.3 is 0 Å². The van der Waals surface area contributed by atoms with Gasteiger partial charge in [-0.2, -0.15) is 20.2 Å². The Morgan fingerprint density at radius 1 is 1.13 bits per heavy atom. The molecule has 2 fully saturated rings. The van der Waals surface area contributed by atoms with Crippen molar-refractivity contribution in [1.82, 2.24) is 35.3 Å². The molecule has 6 rings (SSSR count). The third kappa shape index (κ3) is 3.49. The largest absolute Gasteiger partial charge is 0.329 e. The lowest BCUT2D eigenvalue weighted by Gasteiger charge is -2.24. The lowest BCUT2D eigenvalue weighted by molar-refractivity contribution is -0.117. The summed E-state index contributed by atoms with van der Waals surface area (Å²) in [5, 5.41) is 20.2. The number of H-pyrrole nitrogens is 2. The van der Waals surface area contributed by atoms with E-state index in [4.69, 9.17) is 9.97 Å². The van der Waals surface area contributed by atoms with E-state index in [9.17, 15) is 4.79 Å². The molecule has 160 valence electrons. The first-order valence-corrected chi connectivity index (χ1v) is 10.9. The fraction of sp³-hybridized carbons (Fsp3) is 0.500. The summed E-state index contributed by atoms with van der Waals surface area (Å²) in [5.74, 6) is 3.00. The molecular weight excluding hydrogens is 396 g/mol. The van der Waals surface area contributed by atoms with Crippen LogP contribution in [-0.4, -0.2) is 53.8 Å². The smallest absolute Gasteiger partial charge is 0.249 e. The summed E-state index contributed by atoms with van der Waals surface area (Å²) in [6.07, 6.45) is 8.40. The number of hydrogen-bond acceptors (Lipinski definition) is 8. The third-order valence-electron chi connectivity index (χ3n) is 6.25. The summed E-state index contributed by atoms with van der Waals surface area (Å²) >= 11 is 0. The first-order valence-electron chi connectivity index (χ1n) is 10.9. The van der Waals surface area contributed by atoms with E-state index in [0.29, 0.717) is 17.8 Å². The van der Waals surface area contributed by atoms with Gasteiger partial charge in [0.1, 0.15) is 18.2 Å². The molecule has 4 heterocycles. The normalized spacial score (nSPS) is 20.1. The van der Waals surface area contributed by atoms with Gasteiger partial charge in [-0.05, 0) is 44.9 Å². The molecule has 3 aliphatic rings.